The second kappa shape index (κ2) is 6.20. The van der Waals surface area contributed by atoms with Gasteiger partial charge in [0.15, 0.2) is 0 Å². The maximum Gasteiger partial charge on any atom is 0.0754 e. The van der Waals surface area contributed by atoms with Crippen LogP contribution in [0.3, 0.4) is 0 Å². The Kier molecular flexibility index (Phi) is 5.14. The van der Waals surface area contributed by atoms with Crippen molar-refractivity contribution in [2.24, 2.45) is 0 Å². The molecule has 1 nitrogen and oxygen atoms in total. The van der Waals surface area contributed by atoms with E-state index in [9.17, 15) is 0 Å². The Morgan fingerprint density at radius 1 is 1.46 bits per heavy atom. The molecule has 0 bridgehead atoms. The first-order chi connectivity index (χ1) is 6.36. The molecule has 1 heteroatoms. The molecule has 0 aromatic carbocycles. The summed E-state index contributed by atoms with van der Waals surface area (Å²) in [6, 6.07) is 0. The van der Waals surface area contributed by atoms with Gasteiger partial charge in [0.05, 0.1) is 6.10 Å². The van der Waals surface area contributed by atoms with Gasteiger partial charge in [-0.3, -0.25) is 0 Å². The summed E-state index contributed by atoms with van der Waals surface area (Å²) in [5.41, 5.74) is 1.63. The van der Waals surface area contributed by atoms with Crippen LogP contribution < -0.4 is 0 Å². The zero-order valence-electron chi connectivity index (χ0n) is 9.01. The molecule has 0 saturated heterocycles. The fourth-order valence-corrected chi connectivity index (χ4v) is 1.96. The summed E-state index contributed by atoms with van der Waals surface area (Å²) < 4.78 is 5.35. The molecule has 1 unspecified atom stereocenters. The summed E-state index contributed by atoms with van der Waals surface area (Å²) in [5.74, 6) is 0. The molecule has 1 atom stereocenters. The highest BCUT2D eigenvalue weighted by Crippen LogP contribution is 2.23. The monoisotopic (exact) mass is 182 g/mol. The predicted octanol–water partition coefficient (Wildman–Crippen LogP) is 3.69. The van der Waals surface area contributed by atoms with Gasteiger partial charge < -0.3 is 4.74 Å². The van der Waals surface area contributed by atoms with Gasteiger partial charge in [-0.2, -0.15) is 0 Å². The topological polar surface area (TPSA) is 9.23 Å². The molecule has 0 aromatic heterocycles. The van der Waals surface area contributed by atoms with Gasteiger partial charge in [-0.1, -0.05) is 31.4 Å². The zero-order chi connectivity index (χ0) is 9.52. The molecular weight excluding hydrogens is 160 g/mol. The van der Waals surface area contributed by atoms with Crippen molar-refractivity contribution >= 4 is 0 Å². The summed E-state index contributed by atoms with van der Waals surface area (Å²) in [7, 11) is 1.82. The Morgan fingerprint density at radius 2 is 2.31 bits per heavy atom. The second-order valence-electron chi connectivity index (χ2n) is 3.95. The minimum absolute atomic E-state index is 0.408. The van der Waals surface area contributed by atoms with Crippen LogP contribution in [0.1, 0.15) is 51.9 Å². The summed E-state index contributed by atoms with van der Waals surface area (Å²) in [6.07, 6.45) is 11.9. The molecule has 76 valence electrons. The highest BCUT2D eigenvalue weighted by molar-refractivity contribution is 5.08. The molecule has 0 heterocycles. The first-order valence-corrected chi connectivity index (χ1v) is 5.59. The van der Waals surface area contributed by atoms with Crippen LogP contribution in [0, 0.1) is 0 Å². The molecule has 13 heavy (non-hydrogen) atoms. The fraction of sp³-hybridized carbons (Fsp3) is 0.833. The minimum Gasteiger partial charge on any atom is -0.377 e. The maximum atomic E-state index is 5.35. The van der Waals surface area contributed by atoms with Crippen LogP contribution in [0.5, 0.6) is 0 Å². The van der Waals surface area contributed by atoms with Gasteiger partial charge >= 0.3 is 0 Å². The SMILES string of the molecule is CCCCCC1=CC(OC)CCC1. The van der Waals surface area contributed by atoms with Crippen LogP contribution in [0.15, 0.2) is 11.6 Å². The lowest BCUT2D eigenvalue weighted by molar-refractivity contribution is 0.126. The van der Waals surface area contributed by atoms with Crippen molar-refractivity contribution in [3.05, 3.63) is 11.6 Å². The largest absolute Gasteiger partial charge is 0.377 e. The summed E-state index contributed by atoms with van der Waals surface area (Å²) in [6.45, 7) is 2.26. The van der Waals surface area contributed by atoms with Gasteiger partial charge in [-0.05, 0) is 32.1 Å². The smallest absolute Gasteiger partial charge is 0.0754 e. The lowest BCUT2D eigenvalue weighted by Gasteiger charge is -2.19. The van der Waals surface area contributed by atoms with Crippen LogP contribution in [-0.4, -0.2) is 13.2 Å². The third-order valence-corrected chi connectivity index (χ3v) is 2.81. The van der Waals surface area contributed by atoms with Crippen LogP contribution >= 0.6 is 0 Å². The Labute approximate surface area is 82.2 Å². The molecule has 1 aliphatic rings. The van der Waals surface area contributed by atoms with Crippen LogP contribution in [-0.2, 0) is 4.74 Å². The average molecular weight is 182 g/mol. The Balaban J connectivity index is 2.26. The fourth-order valence-electron chi connectivity index (χ4n) is 1.96. The van der Waals surface area contributed by atoms with Gasteiger partial charge in [0.2, 0.25) is 0 Å². The van der Waals surface area contributed by atoms with Crippen molar-refractivity contribution in [2.45, 2.75) is 58.0 Å². The number of unbranched alkanes of at least 4 members (excludes halogenated alkanes) is 2. The van der Waals surface area contributed by atoms with Gasteiger partial charge in [0, 0.05) is 7.11 Å². The van der Waals surface area contributed by atoms with Gasteiger partial charge in [0.1, 0.15) is 0 Å². The average Bonchev–Trinajstić information content (AvgIpc) is 2.19. The van der Waals surface area contributed by atoms with Gasteiger partial charge in [-0.25, -0.2) is 0 Å². The van der Waals surface area contributed by atoms with Crippen molar-refractivity contribution < 1.29 is 4.74 Å². The van der Waals surface area contributed by atoms with E-state index < -0.39 is 0 Å². The van der Waals surface area contributed by atoms with E-state index in [4.69, 9.17) is 4.74 Å². The Bertz CT molecular complexity index is 161. The number of methoxy groups -OCH3 is 1. The summed E-state index contributed by atoms with van der Waals surface area (Å²) in [4.78, 5) is 0. The van der Waals surface area contributed by atoms with Crippen molar-refractivity contribution in [1.82, 2.24) is 0 Å². The normalized spacial score (nSPS) is 22.9. The maximum absolute atomic E-state index is 5.35. The Hall–Kier alpha value is -0.300. The van der Waals surface area contributed by atoms with E-state index in [1.54, 1.807) is 5.57 Å². The molecule has 0 aliphatic heterocycles. The molecule has 1 rings (SSSR count). The summed E-state index contributed by atoms with van der Waals surface area (Å²) >= 11 is 0. The highest BCUT2D eigenvalue weighted by Gasteiger charge is 2.11. The lowest BCUT2D eigenvalue weighted by atomic mass is 9.93. The number of hydrogen-bond donors (Lipinski definition) is 0. The summed E-state index contributed by atoms with van der Waals surface area (Å²) in [5, 5.41) is 0. The van der Waals surface area contributed by atoms with Crippen molar-refractivity contribution in [3.8, 4) is 0 Å². The molecular formula is C12H22O. The third kappa shape index (κ3) is 3.95. The van der Waals surface area contributed by atoms with Gasteiger partial charge in [0.25, 0.3) is 0 Å². The molecule has 0 spiro atoms. The number of rotatable bonds is 5. The molecule has 0 fully saturated rings. The van der Waals surface area contributed by atoms with Crippen LogP contribution in [0.25, 0.3) is 0 Å². The Morgan fingerprint density at radius 3 is 3.00 bits per heavy atom. The molecule has 0 radical (unpaired) electrons. The molecule has 1 aliphatic carbocycles. The van der Waals surface area contributed by atoms with Crippen molar-refractivity contribution in [3.63, 3.8) is 0 Å². The predicted molar refractivity (Wildman–Crippen MR) is 56.9 cm³/mol. The van der Waals surface area contributed by atoms with Gasteiger partial charge in [-0.15, -0.1) is 0 Å². The molecule has 0 saturated carbocycles. The van der Waals surface area contributed by atoms with Crippen molar-refractivity contribution in [1.29, 1.82) is 0 Å². The van der Waals surface area contributed by atoms with Crippen LogP contribution in [0.2, 0.25) is 0 Å². The zero-order valence-corrected chi connectivity index (χ0v) is 9.01. The van der Waals surface area contributed by atoms with Crippen molar-refractivity contribution in [2.75, 3.05) is 7.11 Å². The molecule has 0 aromatic rings. The van der Waals surface area contributed by atoms with E-state index in [2.05, 4.69) is 13.0 Å². The van der Waals surface area contributed by atoms with E-state index in [-0.39, 0.29) is 0 Å². The second-order valence-corrected chi connectivity index (χ2v) is 3.95. The molecule has 0 amide bonds. The first kappa shape index (κ1) is 10.8. The quantitative estimate of drug-likeness (QED) is 0.465. The number of ether oxygens (including phenoxy) is 1. The number of hydrogen-bond acceptors (Lipinski definition) is 1. The van der Waals surface area contributed by atoms with Crippen LogP contribution in [0.4, 0.5) is 0 Å². The number of allylic oxidation sites excluding steroid dienone is 1. The highest BCUT2D eigenvalue weighted by atomic mass is 16.5. The first-order valence-electron chi connectivity index (χ1n) is 5.59. The van der Waals surface area contributed by atoms with E-state index in [1.807, 2.05) is 7.11 Å². The van der Waals surface area contributed by atoms with E-state index in [0.29, 0.717) is 6.10 Å². The standard InChI is InChI=1S/C12H22O/c1-3-4-5-7-11-8-6-9-12(10-11)13-2/h10,12H,3-9H2,1-2H3. The van der Waals surface area contributed by atoms with E-state index in [0.717, 1.165) is 0 Å². The third-order valence-electron chi connectivity index (χ3n) is 2.81. The lowest BCUT2D eigenvalue weighted by Crippen LogP contribution is -2.12. The van der Waals surface area contributed by atoms with E-state index in [1.165, 1.54) is 44.9 Å². The van der Waals surface area contributed by atoms with E-state index >= 15 is 0 Å². The minimum atomic E-state index is 0.408. The molecule has 0 N–H and O–H groups in total.